The van der Waals surface area contributed by atoms with E-state index in [1.165, 1.54) is 6.42 Å². The molecule has 2 aromatic rings. The molecule has 2 aromatic carbocycles. The number of benzene rings is 2. The highest BCUT2D eigenvalue weighted by Crippen LogP contribution is 2.45. The van der Waals surface area contributed by atoms with Crippen LogP contribution in [0.3, 0.4) is 0 Å². The summed E-state index contributed by atoms with van der Waals surface area (Å²) < 4.78 is 6.37. The Morgan fingerprint density at radius 1 is 0.957 bits per heavy atom. The van der Waals surface area contributed by atoms with E-state index in [0.29, 0.717) is 22.8 Å². The third-order valence-corrected chi connectivity index (χ3v) is 5.31. The lowest BCUT2D eigenvalue weighted by molar-refractivity contribution is 0.0137. The Morgan fingerprint density at radius 2 is 1.70 bits per heavy atom. The van der Waals surface area contributed by atoms with Gasteiger partial charge in [0.2, 0.25) is 0 Å². The normalized spacial score (nSPS) is 19.3. The van der Waals surface area contributed by atoms with Crippen molar-refractivity contribution in [2.45, 2.75) is 44.1 Å². The van der Waals surface area contributed by atoms with Crippen molar-refractivity contribution in [3.8, 4) is 16.9 Å². The molecule has 0 bridgehead atoms. The topological polar surface area (TPSA) is 26.3 Å². The maximum Gasteiger partial charge on any atom is 0.172 e. The molecule has 0 aromatic heterocycles. The Morgan fingerprint density at radius 3 is 2.43 bits per heavy atom. The van der Waals surface area contributed by atoms with Crippen molar-refractivity contribution in [2.24, 2.45) is 0 Å². The third kappa shape index (κ3) is 2.66. The van der Waals surface area contributed by atoms with Crippen molar-refractivity contribution in [3.05, 3.63) is 53.1 Å². The predicted octanol–water partition coefficient (Wildman–Crippen LogP) is 5.68. The van der Waals surface area contributed by atoms with Crippen molar-refractivity contribution in [3.63, 3.8) is 0 Å². The number of carbonyl (C=O) groups is 1. The summed E-state index contributed by atoms with van der Waals surface area (Å²) in [6.07, 6.45) is 5.89. The largest absolute Gasteiger partial charge is 0.486 e. The van der Waals surface area contributed by atoms with Crippen molar-refractivity contribution < 1.29 is 9.53 Å². The van der Waals surface area contributed by atoms with E-state index in [1.54, 1.807) is 0 Å². The van der Waals surface area contributed by atoms with Gasteiger partial charge < -0.3 is 4.74 Å². The number of hydrogen-bond acceptors (Lipinski definition) is 2. The molecule has 0 amide bonds. The smallest absolute Gasteiger partial charge is 0.172 e. The van der Waals surface area contributed by atoms with E-state index < -0.39 is 0 Å². The second-order valence-corrected chi connectivity index (χ2v) is 7.05. The number of ether oxygens (including phenoxy) is 1. The van der Waals surface area contributed by atoms with Crippen LogP contribution in [0.4, 0.5) is 0 Å². The van der Waals surface area contributed by atoms with Crippen LogP contribution in [0.2, 0.25) is 5.02 Å². The summed E-state index contributed by atoms with van der Waals surface area (Å²) in [4.78, 5) is 12.7. The number of hydrogen-bond donors (Lipinski definition) is 0. The van der Waals surface area contributed by atoms with E-state index in [9.17, 15) is 4.79 Å². The fourth-order valence-corrected chi connectivity index (χ4v) is 4.17. The van der Waals surface area contributed by atoms with E-state index in [1.807, 2.05) is 42.5 Å². The first-order valence-electron chi connectivity index (χ1n) is 8.28. The van der Waals surface area contributed by atoms with Crippen LogP contribution in [-0.2, 0) is 0 Å². The van der Waals surface area contributed by atoms with E-state index in [2.05, 4.69) is 0 Å². The van der Waals surface area contributed by atoms with Crippen LogP contribution < -0.4 is 4.74 Å². The van der Waals surface area contributed by atoms with Gasteiger partial charge in [0.1, 0.15) is 11.4 Å². The Hall–Kier alpha value is -1.80. The van der Waals surface area contributed by atoms with Gasteiger partial charge in [-0.25, -0.2) is 0 Å². The zero-order valence-electron chi connectivity index (χ0n) is 13.0. The Labute approximate surface area is 141 Å². The van der Waals surface area contributed by atoms with Gasteiger partial charge in [0, 0.05) is 0 Å². The van der Waals surface area contributed by atoms with E-state index in [0.717, 1.165) is 36.8 Å². The van der Waals surface area contributed by atoms with Crippen molar-refractivity contribution >= 4 is 17.4 Å². The number of rotatable bonds is 1. The highest BCUT2D eigenvalue weighted by atomic mass is 35.5. The minimum atomic E-state index is -0.305. The number of fused-ring (bicyclic) bond motifs is 1. The monoisotopic (exact) mass is 326 g/mol. The summed E-state index contributed by atoms with van der Waals surface area (Å²) in [5, 5.41) is 0.497. The molecule has 0 radical (unpaired) electrons. The van der Waals surface area contributed by atoms with Crippen LogP contribution in [-0.4, -0.2) is 11.4 Å². The number of Topliss-reactive ketones (excluding diaryl/α,β-unsaturated/α-hetero) is 1. The van der Waals surface area contributed by atoms with Crippen LogP contribution in [0.1, 0.15) is 48.9 Å². The Kier molecular flexibility index (Phi) is 3.65. The molecule has 4 rings (SSSR count). The number of carbonyl (C=O) groups excluding carboxylic acids is 1. The molecule has 2 aliphatic rings. The minimum absolute atomic E-state index is 0.123. The molecule has 1 spiro atoms. The molecule has 1 fully saturated rings. The van der Waals surface area contributed by atoms with E-state index >= 15 is 0 Å². The summed E-state index contributed by atoms with van der Waals surface area (Å²) >= 11 is 6.42. The van der Waals surface area contributed by atoms with Gasteiger partial charge in [0.25, 0.3) is 0 Å². The van der Waals surface area contributed by atoms with Crippen molar-refractivity contribution in [1.29, 1.82) is 0 Å². The van der Waals surface area contributed by atoms with Gasteiger partial charge in [0.15, 0.2) is 5.78 Å². The molecule has 1 heterocycles. The van der Waals surface area contributed by atoms with Gasteiger partial charge in [0.05, 0.1) is 17.0 Å². The average molecular weight is 327 g/mol. The lowest BCUT2D eigenvalue weighted by Gasteiger charge is -2.41. The van der Waals surface area contributed by atoms with Gasteiger partial charge in [-0.05, 0) is 48.9 Å². The van der Waals surface area contributed by atoms with Gasteiger partial charge in [-0.15, -0.1) is 0 Å². The Bertz CT molecular complexity index is 746. The van der Waals surface area contributed by atoms with Crippen molar-refractivity contribution in [1.82, 2.24) is 0 Å². The minimum Gasteiger partial charge on any atom is -0.486 e. The third-order valence-electron chi connectivity index (χ3n) is 5.01. The van der Waals surface area contributed by atoms with Gasteiger partial charge in [-0.1, -0.05) is 48.4 Å². The van der Waals surface area contributed by atoms with Gasteiger partial charge in [-0.3, -0.25) is 4.79 Å². The van der Waals surface area contributed by atoms with Crippen LogP contribution >= 0.6 is 11.6 Å². The first-order valence-corrected chi connectivity index (χ1v) is 8.66. The zero-order chi connectivity index (χ0) is 15.9. The maximum atomic E-state index is 12.7. The molecule has 118 valence electrons. The van der Waals surface area contributed by atoms with Crippen LogP contribution in [0, 0.1) is 0 Å². The highest BCUT2D eigenvalue weighted by Gasteiger charge is 2.42. The molecule has 1 saturated carbocycles. The lowest BCUT2D eigenvalue weighted by atomic mass is 9.78. The summed E-state index contributed by atoms with van der Waals surface area (Å²) in [5.41, 5.74) is 2.33. The second kappa shape index (κ2) is 5.68. The SMILES string of the molecule is O=C1CC2(CCCCC2)Oc2cc(-c3ccccc3)cc(Cl)c21. The first-order chi connectivity index (χ1) is 11.2. The molecule has 0 saturated heterocycles. The molecule has 1 aliphatic heterocycles. The van der Waals surface area contributed by atoms with E-state index in [4.69, 9.17) is 16.3 Å². The fourth-order valence-electron chi connectivity index (χ4n) is 3.86. The molecular weight excluding hydrogens is 308 g/mol. The lowest BCUT2D eigenvalue weighted by Crippen LogP contribution is -2.43. The van der Waals surface area contributed by atoms with Gasteiger partial charge >= 0.3 is 0 Å². The molecular formula is C20H19ClO2. The van der Waals surface area contributed by atoms with Gasteiger partial charge in [-0.2, -0.15) is 0 Å². The molecule has 2 nitrogen and oxygen atoms in total. The summed E-state index contributed by atoms with van der Waals surface area (Å²) in [6.45, 7) is 0. The average Bonchev–Trinajstić information content (AvgIpc) is 2.55. The Balaban J connectivity index is 1.79. The molecule has 23 heavy (non-hydrogen) atoms. The van der Waals surface area contributed by atoms with Crippen LogP contribution in [0.25, 0.3) is 11.1 Å². The summed E-state index contributed by atoms with van der Waals surface area (Å²) in [6, 6.07) is 13.9. The van der Waals surface area contributed by atoms with Crippen molar-refractivity contribution in [2.75, 3.05) is 0 Å². The molecule has 0 N–H and O–H groups in total. The molecule has 0 atom stereocenters. The molecule has 1 aliphatic carbocycles. The standard InChI is InChI=1S/C20H19ClO2/c21-16-11-15(14-7-3-1-4-8-14)12-18-19(16)17(22)13-20(23-18)9-5-2-6-10-20/h1,3-4,7-8,11-12H,2,5-6,9-10,13H2. The first kappa shape index (κ1) is 14.8. The predicted molar refractivity (Wildman–Crippen MR) is 92.3 cm³/mol. The zero-order valence-corrected chi connectivity index (χ0v) is 13.7. The summed E-state index contributed by atoms with van der Waals surface area (Å²) in [7, 11) is 0. The molecule has 3 heteroatoms. The maximum absolute atomic E-state index is 12.7. The number of ketones is 1. The highest BCUT2D eigenvalue weighted by molar-refractivity contribution is 6.34. The van der Waals surface area contributed by atoms with Crippen LogP contribution in [0.5, 0.6) is 5.75 Å². The summed E-state index contributed by atoms with van der Waals surface area (Å²) in [5.74, 6) is 0.785. The quantitative estimate of drug-likeness (QED) is 0.674. The fraction of sp³-hybridized carbons (Fsp3) is 0.350. The van der Waals surface area contributed by atoms with E-state index in [-0.39, 0.29) is 11.4 Å². The van der Waals surface area contributed by atoms with Crippen LogP contribution in [0.15, 0.2) is 42.5 Å². The molecule has 0 unspecified atom stereocenters. The number of halogens is 1. The second-order valence-electron chi connectivity index (χ2n) is 6.64.